The number of fused-ring (bicyclic) bond motifs is 2. The molecule has 1 amide bonds. The molecule has 25 heavy (non-hydrogen) atoms. The van der Waals surface area contributed by atoms with Crippen LogP contribution in [0.4, 0.5) is 0 Å². The van der Waals surface area contributed by atoms with Gasteiger partial charge >= 0.3 is 0 Å². The fraction of sp³-hybridized carbons (Fsp3) is 0.682. The summed E-state index contributed by atoms with van der Waals surface area (Å²) in [7, 11) is 0. The lowest BCUT2D eigenvalue weighted by Gasteiger charge is -2.47. The van der Waals surface area contributed by atoms with Crippen LogP contribution in [-0.2, 0) is 10.2 Å². The van der Waals surface area contributed by atoms with E-state index >= 15 is 0 Å². The first-order valence-corrected chi connectivity index (χ1v) is 10.2. The highest BCUT2D eigenvalue weighted by Gasteiger charge is 2.41. The predicted molar refractivity (Wildman–Crippen MR) is 104 cm³/mol. The van der Waals surface area contributed by atoms with E-state index in [-0.39, 0.29) is 11.9 Å². The molecule has 138 valence electrons. The Hall–Kier alpha value is -1.35. The zero-order valence-corrected chi connectivity index (χ0v) is 16.2. The smallest absolute Gasteiger partial charge is 0.217 e. The molecule has 1 atom stereocenters. The van der Waals surface area contributed by atoms with Gasteiger partial charge in [-0.3, -0.25) is 4.79 Å². The Bertz CT molecular complexity index is 585. The Labute approximate surface area is 153 Å². The SMILES string of the molecule is CCC(CC)CN1CCC2(CC[C@H](NC(C)=O)c3ccccc32)CC1. The average Bonchev–Trinajstić information content (AvgIpc) is 2.63. The van der Waals surface area contributed by atoms with Crippen molar-refractivity contribution in [2.24, 2.45) is 5.92 Å². The highest BCUT2D eigenvalue weighted by atomic mass is 16.1. The number of nitrogens with one attached hydrogen (secondary N) is 1. The van der Waals surface area contributed by atoms with Crippen LogP contribution >= 0.6 is 0 Å². The van der Waals surface area contributed by atoms with Gasteiger partial charge in [-0.25, -0.2) is 0 Å². The topological polar surface area (TPSA) is 32.3 Å². The molecule has 0 bridgehead atoms. The molecule has 0 unspecified atom stereocenters. The molecular formula is C22H34N2O. The van der Waals surface area contributed by atoms with Gasteiger partial charge in [-0.15, -0.1) is 0 Å². The van der Waals surface area contributed by atoms with E-state index in [1.54, 1.807) is 6.92 Å². The minimum absolute atomic E-state index is 0.0794. The minimum atomic E-state index is 0.0794. The second-order valence-corrected chi connectivity index (χ2v) is 8.14. The van der Waals surface area contributed by atoms with Gasteiger partial charge in [0, 0.05) is 13.5 Å². The zero-order chi connectivity index (χ0) is 17.9. The van der Waals surface area contributed by atoms with Crippen LogP contribution in [0.5, 0.6) is 0 Å². The fourth-order valence-corrected chi connectivity index (χ4v) is 4.98. The van der Waals surface area contributed by atoms with Gasteiger partial charge in [0.15, 0.2) is 0 Å². The summed E-state index contributed by atoms with van der Waals surface area (Å²) in [6.45, 7) is 9.96. The maximum atomic E-state index is 11.6. The second-order valence-electron chi connectivity index (χ2n) is 8.14. The Morgan fingerprint density at radius 2 is 1.88 bits per heavy atom. The largest absolute Gasteiger partial charge is 0.350 e. The first-order chi connectivity index (χ1) is 12.1. The standard InChI is InChI=1S/C22H34N2O/c1-4-18(5-2)16-24-14-12-22(13-15-24)11-10-21(23-17(3)25)19-8-6-7-9-20(19)22/h6-9,18,21H,4-5,10-16H2,1-3H3,(H,23,25)/t21-/m0/s1. The van der Waals surface area contributed by atoms with Crippen molar-refractivity contribution >= 4 is 5.91 Å². The number of benzene rings is 1. The number of hydrogen-bond acceptors (Lipinski definition) is 2. The molecule has 1 saturated heterocycles. The lowest BCUT2D eigenvalue weighted by atomic mass is 9.63. The Kier molecular flexibility index (Phi) is 5.83. The van der Waals surface area contributed by atoms with Crippen LogP contribution in [0.1, 0.15) is 76.5 Å². The summed E-state index contributed by atoms with van der Waals surface area (Å²) in [5, 5.41) is 3.16. The minimum Gasteiger partial charge on any atom is -0.350 e. The number of carbonyl (C=O) groups excluding carboxylic acids is 1. The van der Waals surface area contributed by atoms with Crippen molar-refractivity contribution < 1.29 is 4.79 Å². The van der Waals surface area contributed by atoms with Crippen LogP contribution in [0.25, 0.3) is 0 Å². The van der Waals surface area contributed by atoms with E-state index in [0.717, 1.165) is 12.3 Å². The van der Waals surface area contributed by atoms with Crippen LogP contribution in [0.2, 0.25) is 0 Å². The maximum absolute atomic E-state index is 11.6. The first kappa shape index (κ1) is 18.4. The molecule has 1 aromatic carbocycles. The van der Waals surface area contributed by atoms with Gasteiger partial charge in [0.2, 0.25) is 5.91 Å². The van der Waals surface area contributed by atoms with E-state index in [9.17, 15) is 4.79 Å². The number of piperidine rings is 1. The van der Waals surface area contributed by atoms with Crippen LogP contribution in [-0.4, -0.2) is 30.4 Å². The molecule has 1 aliphatic carbocycles. The van der Waals surface area contributed by atoms with E-state index in [1.165, 1.54) is 62.9 Å². The van der Waals surface area contributed by atoms with Gasteiger partial charge in [-0.1, -0.05) is 51.0 Å². The average molecular weight is 343 g/mol. The molecule has 1 spiro atoms. The molecule has 1 aliphatic heterocycles. The second kappa shape index (κ2) is 7.90. The van der Waals surface area contributed by atoms with E-state index < -0.39 is 0 Å². The van der Waals surface area contributed by atoms with Crippen LogP contribution in [0.15, 0.2) is 24.3 Å². The van der Waals surface area contributed by atoms with Crippen molar-refractivity contribution in [1.29, 1.82) is 0 Å². The van der Waals surface area contributed by atoms with E-state index in [2.05, 4.69) is 48.3 Å². The Morgan fingerprint density at radius 3 is 2.52 bits per heavy atom. The third-order valence-electron chi connectivity index (χ3n) is 6.68. The van der Waals surface area contributed by atoms with Crippen LogP contribution < -0.4 is 5.32 Å². The summed E-state index contributed by atoms with van der Waals surface area (Å²) >= 11 is 0. The van der Waals surface area contributed by atoms with Gasteiger partial charge in [0.25, 0.3) is 0 Å². The molecule has 1 N–H and O–H groups in total. The number of amides is 1. The molecule has 1 fully saturated rings. The molecule has 1 aromatic rings. The summed E-state index contributed by atoms with van der Waals surface area (Å²) < 4.78 is 0. The van der Waals surface area contributed by atoms with Gasteiger partial charge in [-0.05, 0) is 61.2 Å². The molecule has 0 saturated carbocycles. The lowest BCUT2D eigenvalue weighted by Crippen LogP contribution is -2.47. The number of likely N-dealkylation sites (tertiary alicyclic amines) is 1. The molecular weight excluding hydrogens is 308 g/mol. The maximum Gasteiger partial charge on any atom is 0.217 e. The third kappa shape index (κ3) is 3.92. The fourth-order valence-electron chi connectivity index (χ4n) is 4.98. The number of rotatable bonds is 5. The first-order valence-electron chi connectivity index (χ1n) is 10.2. The highest BCUT2D eigenvalue weighted by molar-refractivity contribution is 5.73. The van der Waals surface area contributed by atoms with Crippen molar-refractivity contribution in [3.05, 3.63) is 35.4 Å². The van der Waals surface area contributed by atoms with Gasteiger partial charge in [0.1, 0.15) is 0 Å². The van der Waals surface area contributed by atoms with Crippen LogP contribution in [0.3, 0.4) is 0 Å². The quantitative estimate of drug-likeness (QED) is 0.858. The summed E-state index contributed by atoms with van der Waals surface area (Å²) in [6.07, 6.45) is 7.38. The zero-order valence-electron chi connectivity index (χ0n) is 16.2. The monoisotopic (exact) mass is 342 g/mol. The number of carbonyl (C=O) groups is 1. The van der Waals surface area contributed by atoms with E-state index in [1.807, 2.05) is 0 Å². The van der Waals surface area contributed by atoms with Crippen molar-refractivity contribution in [2.75, 3.05) is 19.6 Å². The van der Waals surface area contributed by atoms with Crippen molar-refractivity contribution in [1.82, 2.24) is 10.2 Å². The summed E-state index contributed by atoms with van der Waals surface area (Å²) in [5.41, 5.74) is 3.19. The summed E-state index contributed by atoms with van der Waals surface area (Å²) in [5.74, 6) is 0.924. The number of nitrogens with zero attached hydrogens (tertiary/aromatic N) is 1. The van der Waals surface area contributed by atoms with Crippen molar-refractivity contribution in [2.45, 2.75) is 70.8 Å². The van der Waals surface area contributed by atoms with Crippen LogP contribution in [0, 0.1) is 5.92 Å². The van der Waals surface area contributed by atoms with E-state index in [0.29, 0.717) is 5.41 Å². The molecule has 2 aliphatic rings. The Morgan fingerprint density at radius 1 is 1.20 bits per heavy atom. The third-order valence-corrected chi connectivity index (χ3v) is 6.68. The van der Waals surface area contributed by atoms with Gasteiger partial charge in [-0.2, -0.15) is 0 Å². The van der Waals surface area contributed by atoms with Crippen molar-refractivity contribution in [3.8, 4) is 0 Å². The van der Waals surface area contributed by atoms with Gasteiger partial charge in [0.05, 0.1) is 6.04 Å². The normalized spacial score (nSPS) is 22.8. The highest BCUT2D eigenvalue weighted by Crippen LogP contribution is 2.47. The predicted octanol–water partition coefficient (Wildman–Crippen LogP) is 4.43. The molecule has 3 heteroatoms. The molecule has 1 heterocycles. The summed E-state index contributed by atoms with van der Waals surface area (Å²) in [4.78, 5) is 14.3. The summed E-state index contributed by atoms with van der Waals surface area (Å²) in [6, 6.07) is 9.04. The molecule has 0 radical (unpaired) electrons. The van der Waals surface area contributed by atoms with Gasteiger partial charge < -0.3 is 10.2 Å². The molecule has 3 nitrogen and oxygen atoms in total. The molecule has 0 aromatic heterocycles. The van der Waals surface area contributed by atoms with E-state index in [4.69, 9.17) is 0 Å². The van der Waals surface area contributed by atoms with Crippen molar-refractivity contribution in [3.63, 3.8) is 0 Å². The number of hydrogen-bond donors (Lipinski definition) is 1. The molecule has 3 rings (SSSR count). The lowest BCUT2D eigenvalue weighted by molar-refractivity contribution is -0.119. The Balaban J connectivity index is 1.74.